The van der Waals surface area contributed by atoms with E-state index < -0.39 is 33.4 Å². The highest BCUT2D eigenvalue weighted by atomic mass is 32.2. The second kappa shape index (κ2) is 9.94. The van der Waals surface area contributed by atoms with E-state index in [0.29, 0.717) is 5.56 Å². The van der Waals surface area contributed by atoms with Crippen molar-refractivity contribution < 1.29 is 20.9 Å². The Bertz CT molecular complexity index is 580. The van der Waals surface area contributed by atoms with E-state index in [4.69, 9.17) is 0 Å². The second-order valence-electron chi connectivity index (χ2n) is 4.41. The summed E-state index contributed by atoms with van der Waals surface area (Å²) < 4.78 is 24.2. The highest BCUT2D eigenvalue weighted by Gasteiger charge is 2.25. The standard InChI is InChI=1S/C13H18N2O4S.C2H6.2H2/c1-10(16)15-12(13(17)14-2)9-20(18,19)8-11-6-4-3-5-7-11;1-2;;/h3-7,12H,8-9H2,1-2H3,(H,14,17)(H,15,16);1-2H3;2*1H. The number of likely N-dealkylation sites (N-methyl/N-ethyl adjacent to an activating group) is 1. The van der Waals surface area contributed by atoms with Gasteiger partial charge in [0.05, 0.1) is 11.5 Å². The zero-order chi connectivity index (χ0) is 17.2. The molecule has 0 spiro atoms. The minimum Gasteiger partial charge on any atom is -0.357 e. The lowest BCUT2D eigenvalue weighted by molar-refractivity contribution is -0.127. The third kappa shape index (κ3) is 7.78. The van der Waals surface area contributed by atoms with Crippen LogP contribution in [0.5, 0.6) is 0 Å². The molecule has 2 N–H and O–H groups in total. The SMILES string of the molecule is CC.CNC(=O)C(CS(=O)(=O)Cc1ccccc1)NC(C)=O.[HH].[HH]. The normalized spacial score (nSPS) is 11.6. The van der Waals surface area contributed by atoms with Crippen LogP contribution in [0.1, 0.15) is 29.2 Å². The van der Waals surface area contributed by atoms with Gasteiger partial charge in [-0.2, -0.15) is 0 Å². The summed E-state index contributed by atoms with van der Waals surface area (Å²) in [6.45, 7) is 5.24. The van der Waals surface area contributed by atoms with Crippen LogP contribution in [-0.4, -0.2) is 39.1 Å². The first kappa shape index (κ1) is 20.1. The molecule has 0 radical (unpaired) electrons. The molecule has 0 aliphatic rings. The Morgan fingerprint density at radius 1 is 1.18 bits per heavy atom. The van der Waals surface area contributed by atoms with Gasteiger partial charge in [-0.05, 0) is 5.56 Å². The molecule has 1 unspecified atom stereocenters. The van der Waals surface area contributed by atoms with E-state index in [1.807, 2.05) is 13.8 Å². The summed E-state index contributed by atoms with van der Waals surface area (Å²) in [6.07, 6.45) is 0. The monoisotopic (exact) mass is 332 g/mol. The predicted molar refractivity (Wildman–Crippen MR) is 91.2 cm³/mol. The Labute approximate surface area is 135 Å². The van der Waals surface area contributed by atoms with Crippen molar-refractivity contribution in [3.8, 4) is 0 Å². The van der Waals surface area contributed by atoms with Gasteiger partial charge in [0, 0.05) is 16.8 Å². The fraction of sp³-hybridized carbons (Fsp3) is 0.467. The van der Waals surface area contributed by atoms with E-state index in [9.17, 15) is 18.0 Å². The van der Waals surface area contributed by atoms with Gasteiger partial charge in [-0.15, -0.1) is 0 Å². The van der Waals surface area contributed by atoms with Crippen molar-refractivity contribution in [1.29, 1.82) is 0 Å². The van der Waals surface area contributed by atoms with Crippen LogP contribution >= 0.6 is 0 Å². The van der Waals surface area contributed by atoms with Gasteiger partial charge in [0.25, 0.3) is 0 Å². The fourth-order valence-electron chi connectivity index (χ4n) is 1.74. The lowest BCUT2D eigenvalue weighted by Gasteiger charge is -2.16. The Morgan fingerprint density at radius 2 is 1.73 bits per heavy atom. The molecule has 7 heteroatoms. The van der Waals surface area contributed by atoms with Crippen LogP contribution in [0.15, 0.2) is 30.3 Å². The first-order chi connectivity index (χ1) is 10.3. The van der Waals surface area contributed by atoms with Gasteiger partial charge < -0.3 is 10.6 Å². The molecular weight excluding hydrogens is 304 g/mol. The number of nitrogens with one attached hydrogen (secondary N) is 2. The maximum Gasteiger partial charge on any atom is 0.243 e. The zero-order valence-corrected chi connectivity index (χ0v) is 14.2. The molecule has 6 nitrogen and oxygen atoms in total. The summed E-state index contributed by atoms with van der Waals surface area (Å²) in [6, 6.07) is 7.60. The number of rotatable bonds is 6. The van der Waals surface area contributed by atoms with Gasteiger partial charge in [-0.25, -0.2) is 8.42 Å². The Kier molecular flexibility index (Phi) is 9.09. The minimum absolute atomic E-state index is 0. The molecule has 2 amide bonds. The van der Waals surface area contributed by atoms with Crippen LogP contribution in [0, 0.1) is 0 Å². The molecule has 0 heterocycles. The van der Waals surface area contributed by atoms with Crippen molar-refractivity contribution in [2.24, 2.45) is 0 Å². The molecule has 0 saturated heterocycles. The molecule has 0 aromatic heterocycles. The van der Waals surface area contributed by atoms with Gasteiger partial charge in [0.2, 0.25) is 11.8 Å². The van der Waals surface area contributed by atoms with E-state index in [-0.39, 0.29) is 8.61 Å². The summed E-state index contributed by atoms with van der Waals surface area (Å²) in [4.78, 5) is 22.6. The Morgan fingerprint density at radius 3 is 2.18 bits per heavy atom. The number of carbonyl (C=O) groups excluding carboxylic acids is 2. The highest BCUT2D eigenvalue weighted by Crippen LogP contribution is 2.07. The average Bonchev–Trinajstić information content (AvgIpc) is 2.47. The predicted octanol–water partition coefficient (Wildman–Crippen LogP) is 1.37. The quantitative estimate of drug-likeness (QED) is 0.823. The summed E-state index contributed by atoms with van der Waals surface area (Å²) in [7, 11) is -2.12. The third-order valence-electron chi connectivity index (χ3n) is 2.59. The third-order valence-corrected chi connectivity index (χ3v) is 4.20. The molecule has 0 bridgehead atoms. The molecule has 1 rings (SSSR count). The topological polar surface area (TPSA) is 92.3 Å². The molecule has 0 saturated carbocycles. The number of sulfone groups is 1. The van der Waals surface area contributed by atoms with Crippen LogP contribution < -0.4 is 10.6 Å². The first-order valence-electron chi connectivity index (χ1n) is 7.07. The average molecular weight is 332 g/mol. The molecule has 1 aromatic carbocycles. The molecule has 0 aliphatic heterocycles. The molecule has 22 heavy (non-hydrogen) atoms. The second-order valence-corrected chi connectivity index (χ2v) is 6.52. The molecular formula is C15H28N2O4S. The molecule has 0 aliphatic carbocycles. The summed E-state index contributed by atoms with van der Waals surface area (Å²) in [5.74, 6) is -1.58. The number of hydrogen-bond donors (Lipinski definition) is 2. The minimum atomic E-state index is -3.51. The zero-order valence-electron chi connectivity index (χ0n) is 13.4. The fourth-order valence-corrected chi connectivity index (χ4v) is 3.30. The Balaban J connectivity index is -0.00000106. The maximum absolute atomic E-state index is 12.1. The summed E-state index contributed by atoms with van der Waals surface area (Å²) in [5.41, 5.74) is 0.644. The van der Waals surface area contributed by atoms with Gasteiger partial charge in [0.15, 0.2) is 9.84 Å². The number of carbonyl (C=O) groups is 2. The van der Waals surface area contributed by atoms with E-state index in [0.717, 1.165) is 0 Å². The van der Waals surface area contributed by atoms with Crippen molar-refractivity contribution in [3.63, 3.8) is 0 Å². The van der Waals surface area contributed by atoms with E-state index in [1.54, 1.807) is 30.3 Å². The number of benzene rings is 1. The number of amides is 2. The van der Waals surface area contributed by atoms with Crippen LogP contribution in [0.2, 0.25) is 0 Å². The number of hydrogen-bond acceptors (Lipinski definition) is 4. The van der Waals surface area contributed by atoms with E-state index in [1.165, 1.54) is 14.0 Å². The van der Waals surface area contributed by atoms with E-state index in [2.05, 4.69) is 10.6 Å². The maximum atomic E-state index is 12.1. The lowest BCUT2D eigenvalue weighted by Crippen LogP contribution is -2.49. The smallest absolute Gasteiger partial charge is 0.243 e. The van der Waals surface area contributed by atoms with Crippen molar-refractivity contribution in [1.82, 2.24) is 10.6 Å². The van der Waals surface area contributed by atoms with Gasteiger partial charge in [0.1, 0.15) is 6.04 Å². The Hall–Kier alpha value is -1.89. The van der Waals surface area contributed by atoms with E-state index >= 15 is 0 Å². The van der Waals surface area contributed by atoms with Gasteiger partial charge in [-0.1, -0.05) is 44.2 Å². The molecule has 1 atom stereocenters. The highest BCUT2D eigenvalue weighted by molar-refractivity contribution is 7.90. The molecule has 0 fully saturated rings. The van der Waals surface area contributed by atoms with Gasteiger partial charge in [-0.3, -0.25) is 9.59 Å². The van der Waals surface area contributed by atoms with Crippen LogP contribution in [0.3, 0.4) is 0 Å². The summed E-state index contributed by atoms with van der Waals surface area (Å²) in [5, 5.41) is 4.68. The summed E-state index contributed by atoms with van der Waals surface area (Å²) >= 11 is 0. The van der Waals surface area contributed by atoms with Crippen molar-refractivity contribution in [2.45, 2.75) is 32.6 Å². The first-order valence-corrected chi connectivity index (χ1v) is 8.89. The lowest BCUT2D eigenvalue weighted by atomic mass is 10.2. The van der Waals surface area contributed by atoms with Crippen LogP contribution in [0.25, 0.3) is 0 Å². The van der Waals surface area contributed by atoms with Crippen LogP contribution in [0.4, 0.5) is 0 Å². The van der Waals surface area contributed by atoms with Crippen molar-refractivity contribution >= 4 is 21.7 Å². The van der Waals surface area contributed by atoms with Crippen molar-refractivity contribution in [3.05, 3.63) is 35.9 Å². The molecule has 1 aromatic rings. The van der Waals surface area contributed by atoms with Crippen molar-refractivity contribution in [2.75, 3.05) is 12.8 Å². The largest absolute Gasteiger partial charge is 0.357 e. The molecule has 128 valence electrons. The van der Waals surface area contributed by atoms with Gasteiger partial charge >= 0.3 is 0 Å². The van der Waals surface area contributed by atoms with Crippen LogP contribution in [-0.2, 0) is 25.2 Å².